The van der Waals surface area contributed by atoms with Crippen LogP contribution in [0.1, 0.15) is 23.7 Å². The van der Waals surface area contributed by atoms with Gasteiger partial charge in [-0.1, -0.05) is 6.07 Å². The Kier molecular flexibility index (Phi) is 6.36. The van der Waals surface area contributed by atoms with Gasteiger partial charge in [0.05, 0.1) is 5.92 Å². The van der Waals surface area contributed by atoms with E-state index in [-0.39, 0.29) is 24.1 Å². The van der Waals surface area contributed by atoms with E-state index in [1.807, 2.05) is 37.4 Å². The van der Waals surface area contributed by atoms with Crippen LogP contribution in [0.2, 0.25) is 0 Å². The Balaban J connectivity index is 1.66. The maximum absolute atomic E-state index is 12.7. The predicted octanol–water partition coefficient (Wildman–Crippen LogP) is 3.15. The van der Waals surface area contributed by atoms with Crippen LogP contribution in [0.25, 0.3) is 0 Å². The summed E-state index contributed by atoms with van der Waals surface area (Å²) >= 11 is 1.64. The summed E-state index contributed by atoms with van der Waals surface area (Å²) in [5.74, 6) is -0.895. The molecule has 3 rings (SSSR count). The average molecular weight is 398 g/mol. The van der Waals surface area contributed by atoms with Crippen LogP contribution in [0.3, 0.4) is 0 Å². The SMILES string of the molecule is CCNC(=O)c1cccc(NC(=O)C2CC(=O)N(c3ccc(SC)cc3)C2)c1. The minimum absolute atomic E-state index is 0.0619. The second kappa shape index (κ2) is 8.93. The van der Waals surface area contributed by atoms with Crippen molar-refractivity contribution in [2.45, 2.75) is 18.2 Å². The molecule has 1 aliphatic heterocycles. The first-order chi connectivity index (χ1) is 13.5. The summed E-state index contributed by atoms with van der Waals surface area (Å²) in [4.78, 5) is 39.8. The highest BCUT2D eigenvalue weighted by molar-refractivity contribution is 7.98. The molecule has 1 unspecified atom stereocenters. The van der Waals surface area contributed by atoms with E-state index >= 15 is 0 Å². The molecule has 2 aromatic rings. The number of rotatable bonds is 6. The number of carbonyl (C=O) groups is 3. The monoisotopic (exact) mass is 397 g/mol. The first-order valence-electron chi connectivity index (χ1n) is 9.15. The van der Waals surface area contributed by atoms with Crippen LogP contribution in [0.5, 0.6) is 0 Å². The molecule has 1 fully saturated rings. The molecule has 28 heavy (non-hydrogen) atoms. The van der Waals surface area contributed by atoms with Crippen LogP contribution < -0.4 is 15.5 Å². The number of thioether (sulfide) groups is 1. The lowest BCUT2D eigenvalue weighted by molar-refractivity contribution is -0.122. The van der Waals surface area contributed by atoms with Crippen molar-refractivity contribution in [3.05, 3.63) is 54.1 Å². The van der Waals surface area contributed by atoms with Gasteiger partial charge in [0.1, 0.15) is 0 Å². The molecule has 0 aliphatic carbocycles. The summed E-state index contributed by atoms with van der Waals surface area (Å²) in [5, 5.41) is 5.56. The van der Waals surface area contributed by atoms with Crippen LogP contribution in [-0.4, -0.2) is 37.1 Å². The van der Waals surface area contributed by atoms with Crippen LogP contribution in [0, 0.1) is 5.92 Å². The normalized spacial score (nSPS) is 16.1. The topological polar surface area (TPSA) is 78.5 Å². The van der Waals surface area contributed by atoms with E-state index in [0.29, 0.717) is 24.3 Å². The zero-order chi connectivity index (χ0) is 20.1. The summed E-state index contributed by atoms with van der Waals surface area (Å²) < 4.78 is 0. The zero-order valence-electron chi connectivity index (χ0n) is 15.9. The van der Waals surface area contributed by atoms with Gasteiger partial charge in [0.15, 0.2) is 0 Å². The zero-order valence-corrected chi connectivity index (χ0v) is 16.7. The summed E-state index contributed by atoms with van der Waals surface area (Å²) in [6, 6.07) is 14.5. The molecule has 0 spiro atoms. The molecule has 1 atom stereocenters. The van der Waals surface area contributed by atoms with E-state index in [1.165, 1.54) is 0 Å². The highest BCUT2D eigenvalue weighted by Gasteiger charge is 2.35. The Morgan fingerprint density at radius 3 is 2.61 bits per heavy atom. The second-order valence-corrected chi connectivity index (χ2v) is 7.41. The molecule has 0 saturated carbocycles. The molecule has 3 amide bonds. The molecule has 7 heteroatoms. The van der Waals surface area contributed by atoms with Gasteiger partial charge in [0.2, 0.25) is 11.8 Å². The smallest absolute Gasteiger partial charge is 0.251 e. The van der Waals surface area contributed by atoms with Gasteiger partial charge in [-0.25, -0.2) is 0 Å². The second-order valence-electron chi connectivity index (χ2n) is 6.53. The lowest BCUT2D eigenvalue weighted by atomic mass is 10.1. The molecule has 146 valence electrons. The molecule has 1 aliphatic rings. The van der Waals surface area contributed by atoms with Gasteiger partial charge >= 0.3 is 0 Å². The third-order valence-electron chi connectivity index (χ3n) is 4.61. The van der Waals surface area contributed by atoms with Gasteiger partial charge < -0.3 is 15.5 Å². The van der Waals surface area contributed by atoms with E-state index in [1.54, 1.807) is 40.9 Å². The van der Waals surface area contributed by atoms with Crippen molar-refractivity contribution >= 4 is 40.9 Å². The van der Waals surface area contributed by atoms with Gasteiger partial charge in [-0.05, 0) is 55.6 Å². The number of carbonyl (C=O) groups excluding carboxylic acids is 3. The highest BCUT2D eigenvalue weighted by Crippen LogP contribution is 2.28. The highest BCUT2D eigenvalue weighted by atomic mass is 32.2. The van der Waals surface area contributed by atoms with Gasteiger partial charge in [0, 0.05) is 41.3 Å². The van der Waals surface area contributed by atoms with Crippen molar-refractivity contribution in [2.24, 2.45) is 5.92 Å². The summed E-state index contributed by atoms with van der Waals surface area (Å²) in [7, 11) is 0. The van der Waals surface area contributed by atoms with Gasteiger partial charge in [-0.2, -0.15) is 0 Å². The van der Waals surface area contributed by atoms with Crippen LogP contribution in [-0.2, 0) is 9.59 Å². The first-order valence-corrected chi connectivity index (χ1v) is 10.4. The Labute approximate surface area is 168 Å². The lowest BCUT2D eigenvalue weighted by Gasteiger charge is -2.17. The maximum atomic E-state index is 12.7. The number of benzene rings is 2. The largest absolute Gasteiger partial charge is 0.352 e. The van der Waals surface area contributed by atoms with Crippen molar-refractivity contribution in [3.8, 4) is 0 Å². The number of hydrogen-bond acceptors (Lipinski definition) is 4. The predicted molar refractivity (Wildman–Crippen MR) is 112 cm³/mol. The Morgan fingerprint density at radius 2 is 1.93 bits per heavy atom. The molecule has 2 aromatic carbocycles. The number of hydrogen-bond donors (Lipinski definition) is 2. The average Bonchev–Trinajstić information content (AvgIpc) is 3.10. The molecule has 6 nitrogen and oxygen atoms in total. The molecular weight excluding hydrogens is 374 g/mol. The Morgan fingerprint density at radius 1 is 1.18 bits per heavy atom. The summed E-state index contributed by atoms with van der Waals surface area (Å²) in [6.45, 7) is 2.73. The quantitative estimate of drug-likeness (QED) is 0.734. The Hall–Kier alpha value is -2.80. The van der Waals surface area contributed by atoms with Gasteiger partial charge in [-0.15, -0.1) is 11.8 Å². The minimum atomic E-state index is -0.430. The molecule has 1 heterocycles. The summed E-state index contributed by atoms with van der Waals surface area (Å²) in [5.41, 5.74) is 1.83. The number of anilines is 2. The summed E-state index contributed by atoms with van der Waals surface area (Å²) in [6.07, 6.45) is 2.17. The van der Waals surface area contributed by atoms with Gasteiger partial charge in [-0.3, -0.25) is 14.4 Å². The first kappa shape index (κ1) is 19.9. The van der Waals surface area contributed by atoms with Crippen molar-refractivity contribution in [3.63, 3.8) is 0 Å². The molecule has 2 N–H and O–H groups in total. The molecule has 0 radical (unpaired) electrons. The molecule has 0 bridgehead atoms. The van der Waals surface area contributed by atoms with Crippen molar-refractivity contribution in [1.82, 2.24) is 5.32 Å². The van der Waals surface area contributed by atoms with Crippen LogP contribution in [0.15, 0.2) is 53.4 Å². The van der Waals surface area contributed by atoms with Gasteiger partial charge in [0.25, 0.3) is 5.91 Å². The van der Waals surface area contributed by atoms with E-state index in [4.69, 9.17) is 0 Å². The van der Waals surface area contributed by atoms with E-state index in [9.17, 15) is 14.4 Å². The number of nitrogens with zero attached hydrogens (tertiary/aromatic N) is 1. The fraction of sp³-hybridized carbons (Fsp3) is 0.286. The van der Waals surface area contributed by atoms with Crippen LogP contribution in [0.4, 0.5) is 11.4 Å². The molecular formula is C21H23N3O3S. The number of amides is 3. The Bertz CT molecular complexity index is 883. The van der Waals surface area contributed by atoms with E-state index in [2.05, 4.69) is 10.6 Å². The van der Waals surface area contributed by atoms with Crippen molar-refractivity contribution in [2.75, 3.05) is 29.6 Å². The van der Waals surface area contributed by atoms with Crippen molar-refractivity contribution < 1.29 is 14.4 Å². The van der Waals surface area contributed by atoms with Crippen LogP contribution >= 0.6 is 11.8 Å². The van der Waals surface area contributed by atoms with E-state index < -0.39 is 5.92 Å². The minimum Gasteiger partial charge on any atom is -0.352 e. The fourth-order valence-corrected chi connectivity index (χ4v) is 3.55. The molecule has 1 saturated heterocycles. The standard InChI is InChI=1S/C21H23N3O3S/c1-3-22-20(26)14-5-4-6-16(11-14)23-21(27)15-12-19(25)24(13-15)17-7-9-18(28-2)10-8-17/h4-11,15H,3,12-13H2,1-2H3,(H,22,26)(H,23,27). The van der Waals surface area contributed by atoms with E-state index in [0.717, 1.165) is 10.6 Å². The fourth-order valence-electron chi connectivity index (χ4n) is 3.14. The molecule has 0 aromatic heterocycles. The lowest BCUT2D eigenvalue weighted by Crippen LogP contribution is -2.28. The number of nitrogens with one attached hydrogen (secondary N) is 2. The maximum Gasteiger partial charge on any atom is 0.251 e. The third kappa shape index (κ3) is 4.54. The van der Waals surface area contributed by atoms with Crippen molar-refractivity contribution in [1.29, 1.82) is 0 Å². The third-order valence-corrected chi connectivity index (χ3v) is 5.35.